The van der Waals surface area contributed by atoms with Crippen LogP contribution in [-0.4, -0.2) is 44.5 Å². The number of hydrogen-bond acceptors (Lipinski definition) is 7. The predicted molar refractivity (Wildman–Crippen MR) is 85.5 cm³/mol. The Balaban J connectivity index is 1.92. The van der Waals surface area contributed by atoms with Crippen LogP contribution in [0.5, 0.6) is 0 Å². The van der Waals surface area contributed by atoms with Gasteiger partial charge < -0.3 is 5.32 Å². The number of aromatic nitrogens is 4. The highest BCUT2D eigenvalue weighted by molar-refractivity contribution is 7.89. The largest absolute Gasteiger partial charge is 0.324 e. The molecule has 8 nitrogen and oxygen atoms in total. The number of rotatable bonds is 4. The third-order valence-electron chi connectivity index (χ3n) is 3.75. The maximum absolute atomic E-state index is 12.4. The molecule has 2 aromatic rings. The monoisotopic (exact) mass is 334 g/mol. The van der Waals surface area contributed by atoms with E-state index in [9.17, 15) is 8.42 Å². The lowest BCUT2D eigenvalue weighted by molar-refractivity contribution is 0.383. The molecule has 0 spiro atoms. The van der Waals surface area contributed by atoms with Crippen molar-refractivity contribution in [1.29, 1.82) is 0 Å². The molecule has 23 heavy (non-hydrogen) atoms. The fourth-order valence-electron chi connectivity index (χ4n) is 2.43. The second-order valence-electron chi connectivity index (χ2n) is 5.54. The number of sulfonamides is 1. The minimum atomic E-state index is -3.31. The van der Waals surface area contributed by atoms with Crippen molar-refractivity contribution in [3.63, 3.8) is 0 Å². The Morgan fingerprint density at radius 1 is 1.22 bits per heavy atom. The molecule has 0 fully saturated rings. The van der Waals surface area contributed by atoms with Gasteiger partial charge in [0.25, 0.3) is 0 Å². The Morgan fingerprint density at radius 3 is 2.74 bits per heavy atom. The summed E-state index contributed by atoms with van der Waals surface area (Å²) >= 11 is 0. The molecule has 0 unspecified atom stereocenters. The molecular formula is C14H18N6O2S. The molecule has 122 valence electrons. The first-order chi connectivity index (χ1) is 11.0. The molecule has 0 aromatic carbocycles. The van der Waals surface area contributed by atoms with Gasteiger partial charge in [-0.1, -0.05) is 0 Å². The van der Waals surface area contributed by atoms with Crippen molar-refractivity contribution >= 4 is 21.7 Å². The van der Waals surface area contributed by atoms with E-state index < -0.39 is 15.3 Å². The highest BCUT2D eigenvalue weighted by Gasteiger charge is 2.31. The molecule has 0 saturated heterocycles. The smallest absolute Gasteiger partial charge is 0.216 e. The molecule has 9 heteroatoms. The molecule has 0 amide bonds. The topological polar surface area (TPSA) is 101 Å². The number of nitrogens with one attached hydrogen (secondary N) is 1. The van der Waals surface area contributed by atoms with Crippen LogP contribution in [0.3, 0.4) is 0 Å². The van der Waals surface area contributed by atoms with Crippen LogP contribution >= 0.6 is 0 Å². The van der Waals surface area contributed by atoms with Gasteiger partial charge >= 0.3 is 0 Å². The van der Waals surface area contributed by atoms with Crippen molar-refractivity contribution in [2.24, 2.45) is 0 Å². The van der Waals surface area contributed by atoms with Gasteiger partial charge in [-0.05, 0) is 19.9 Å². The fourth-order valence-corrected chi connectivity index (χ4v) is 3.68. The average molecular weight is 334 g/mol. The molecule has 2 aromatic heterocycles. The number of fused-ring (bicyclic) bond motifs is 1. The highest BCUT2D eigenvalue weighted by atomic mass is 32.2. The number of anilines is 2. The quantitative estimate of drug-likeness (QED) is 0.893. The van der Waals surface area contributed by atoms with Crippen LogP contribution in [0, 0.1) is 0 Å². The van der Waals surface area contributed by atoms with Gasteiger partial charge in [0.2, 0.25) is 10.0 Å². The van der Waals surface area contributed by atoms with Crippen LogP contribution in [0.4, 0.5) is 11.6 Å². The van der Waals surface area contributed by atoms with Gasteiger partial charge in [0.05, 0.1) is 10.9 Å². The van der Waals surface area contributed by atoms with Crippen molar-refractivity contribution in [3.8, 4) is 0 Å². The first-order valence-electron chi connectivity index (χ1n) is 7.33. The summed E-state index contributed by atoms with van der Waals surface area (Å²) in [6.07, 6.45) is 5.11. The number of hydrogen-bond donors (Lipinski definition) is 1. The molecule has 1 aliphatic heterocycles. The van der Waals surface area contributed by atoms with E-state index >= 15 is 0 Å². The van der Waals surface area contributed by atoms with Gasteiger partial charge in [0.1, 0.15) is 24.3 Å². The standard InChI is InChI=1S/C14H18N6O2S/c1-10(2)23(21,22)20-6-4-12-11(7-20)14(18-9-16-12)19-13-3-5-15-8-17-13/h3,5,8-10H,4,6-7H2,1-2H3,(H,15,16,17,18,19). The Kier molecular flexibility index (Phi) is 4.22. The molecule has 0 bridgehead atoms. The van der Waals surface area contributed by atoms with Crippen LogP contribution in [0.1, 0.15) is 25.1 Å². The molecule has 0 saturated carbocycles. The second kappa shape index (κ2) is 6.17. The lowest BCUT2D eigenvalue weighted by Crippen LogP contribution is -2.40. The first kappa shape index (κ1) is 15.8. The summed E-state index contributed by atoms with van der Waals surface area (Å²) in [5.74, 6) is 1.18. The van der Waals surface area contributed by atoms with Crippen molar-refractivity contribution < 1.29 is 8.42 Å². The zero-order valence-electron chi connectivity index (χ0n) is 13.0. The zero-order valence-corrected chi connectivity index (χ0v) is 13.8. The van der Waals surface area contributed by atoms with Crippen LogP contribution < -0.4 is 5.32 Å². The fraction of sp³-hybridized carbons (Fsp3) is 0.429. The first-order valence-corrected chi connectivity index (χ1v) is 8.83. The minimum absolute atomic E-state index is 0.268. The molecule has 1 N–H and O–H groups in total. The van der Waals surface area contributed by atoms with Gasteiger partial charge in [0, 0.05) is 31.3 Å². The summed E-state index contributed by atoms with van der Waals surface area (Å²) < 4.78 is 26.3. The SMILES string of the molecule is CC(C)S(=O)(=O)N1CCc2ncnc(Nc3ccncn3)c2C1. The van der Waals surface area contributed by atoms with E-state index in [0.717, 1.165) is 11.3 Å². The van der Waals surface area contributed by atoms with E-state index in [1.165, 1.54) is 17.0 Å². The maximum Gasteiger partial charge on any atom is 0.216 e. The number of nitrogens with zero attached hydrogens (tertiary/aromatic N) is 5. The maximum atomic E-state index is 12.4. The summed E-state index contributed by atoms with van der Waals surface area (Å²) in [5.41, 5.74) is 1.66. The predicted octanol–water partition coefficient (Wildman–Crippen LogP) is 1.11. The zero-order chi connectivity index (χ0) is 16.4. The average Bonchev–Trinajstić information content (AvgIpc) is 2.55. The van der Waals surface area contributed by atoms with Crippen molar-refractivity contribution in [2.45, 2.75) is 32.1 Å². The molecule has 0 radical (unpaired) electrons. The van der Waals surface area contributed by atoms with Gasteiger partial charge in [0.15, 0.2) is 0 Å². The van der Waals surface area contributed by atoms with Gasteiger partial charge in [-0.3, -0.25) is 0 Å². The summed E-state index contributed by atoms with van der Waals surface area (Å²) in [4.78, 5) is 16.5. The third-order valence-corrected chi connectivity index (χ3v) is 5.97. The molecule has 1 aliphatic rings. The summed E-state index contributed by atoms with van der Waals surface area (Å²) in [6.45, 7) is 4.08. The minimum Gasteiger partial charge on any atom is -0.324 e. The van der Waals surface area contributed by atoms with E-state index in [1.807, 2.05) is 0 Å². The van der Waals surface area contributed by atoms with Crippen LogP contribution in [0.25, 0.3) is 0 Å². The van der Waals surface area contributed by atoms with Crippen LogP contribution in [0.15, 0.2) is 24.9 Å². The van der Waals surface area contributed by atoms with E-state index in [2.05, 4.69) is 25.3 Å². The van der Waals surface area contributed by atoms with Crippen molar-refractivity contribution in [1.82, 2.24) is 24.2 Å². The van der Waals surface area contributed by atoms with Gasteiger partial charge in [-0.2, -0.15) is 4.31 Å². The summed E-state index contributed by atoms with van der Waals surface area (Å²) in [6, 6.07) is 1.72. The molecule has 3 rings (SSSR count). The Labute approximate surface area is 135 Å². The highest BCUT2D eigenvalue weighted by Crippen LogP contribution is 2.27. The Hall–Kier alpha value is -2.13. The van der Waals surface area contributed by atoms with Crippen molar-refractivity contribution in [3.05, 3.63) is 36.2 Å². The lowest BCUT2D eigenvalue weighted by atomic mass is 10.1. The second-order valence-corrected chi connectivity index (χ2v) is 8.03. The third kappa shape index (κ3) is 3.15. The normalized spacial score (nSPS) is 15.4. The summed E-state index contributed by atoms with van der Waals surface area (Å²) in [7, 11) is -3.31. The van der Waals surface area contributed by atoms with Crippen molar-refractivity contribution in [2.75, 3.05) is 11.9 Å². The molecule has 0 atom stereocenters. The van der Waals surface area contributed by atoms with E-state index in [-0.39, 0.29) is 6.54 Å². The summed E-state index contributed by atoms with van der Waals surface area (Å²) in [5, 5.41) is 2.66. The Morgan fingerprint density at radius 2 is 2.04 bits per heavy atom. The van der Waals surface area contributed by atoms with E-state index in [0.29, 0.717) is 24.6 Å². The van der Waals surface area contributed by atoms with E-state index in [4.69, 9.17) is 0 Å². The molecular weight excluding hydrogens is 316 g/mol. The van der Waals surface area contributed by atoms with Crippen LogP contribution in [-0.2, 0) is 23.0 Å². The molecule has 0 aliphatic carbocycles. The lowest BCUT2D eigenvalue weighted by Gasteiger charge is -2.29. The van der Waals surface area contributed by atoms with Gasteiger partial charge in [-0.25, -0.2) is 28.4 Å². The Bertz CT molecular complexity index is 794. The molecule has 3 heterocycles. The van der Waals surface area contributed by atoms with E-state index in [1.54, 1.807) is 26.1 Å². The van der Waals surface area contributed by atoms with Gasteiger partial charge in [-0.15, -0.1) is 0 Å². The van der Waals surface area contributed by atoms with Crippen LogP contribution in [0.2, 0.25) is 0 Å².